The van der Waals surface area contributed by atoms with Gasteiger partial charge in [0.2, 0.25) is 5.91 Å². The van der Waals surface area contributed by atoms with Crippen LogP contribution in [-0.2, 0) is 11.2 Å². The molecule has 1 amide bonds. The number of H-pyrrole nitrogens is 1. The predicted molar refractivity (Wildman–Crippen MR) is 66.2 cm³/mol. The Morgan fingerprint density at radius 3 is 3.00 bits per heavy atom. The second kappa shape index (κ2) is 7.81. The lowest BCUT2D eigenvalue weighted by Crippen LogP contribution is -2.41. The number of unbranched alkanes of at least 4 members (excludes halogenated alkanes) is 1. The molecule has 1 aromatic heterocycles. The van der Waals surface area contributed by atoms with Gasteiger partial charge < -0.3 is 21.8 Å². The smallest absolute Gasteiger partial charge is 0.236 e. The summed E-state index contributed by atoms with van der Waals surface area (Å²) in [6.45, 7) is 1.21. The second-order valence-corrected chi connectivity index (χ2v) is 3.99. The van der Waals surface area contributed by atoms with E-state index in [0.717, 1.165) is 18.5 Å². The van der Waals surface area contributed by atoms with Crippen LogP contribution >= 0.6 is 0 Å². The predicted octanol–water partition coefficient (Wildman–Crippen LogP) is -0.475. The number of carbonyl (C=O) groups excluding carboxylic acids is 1. The van der Waals surface area contributed by atoms with Crippen molar-refractivity contribution in [1.29, 1.82) is 0 Å². The number of amides is 1. The minimum atomic E-state index is -0.430. The summed E-state index contributed by atoms with van der Waals surface area (Å²) in [7, 11) is 0. The molecule has 1 heterocycles. The van der Waals surface area contributed by atoms with Gasteiger partial charge in [-0.2, -0.15) is 0 Å². The van der Waals surface area contributed by atoms with Crippen LogP contribution in [0.3, 0.4) is 0 Å². The zero-order valence-electron chi connectivity index (χ0n) is 9.98. The fraction of sp³-hybridized carbons (Fsp3) is 0.636. The molecule has 0 aliphatic rings. The molecule has 0 radical (unpaired) electrons. The zero-order valence-corrected chi connectivity index (χ0v) is 9.98. The molecule has 6 N–H and O–H groups in total. The third kappa shape index (κ3) is 5.46. The van der Waals surface area contributed by atoms with E-state index in [2.05, 4.69) is 15.3 Å². The molecule has 0 fully saturated rings. The number of hydrogen-bond donors (Lipinski definition) is 4. The number of aromatic nitrogens is 2. The first-order chi connectivity index (χ1) is 8.24. The lowest BCUT2D eigenvalue weighted by atomic mass is 10.1. The van der Waals surface area contributed by atoms with Gasteiger partial charge in [0.1, 0.15) is 0 Å². The molecular formula is C11H21N5O. The van der Waals surface area contributed by atoms with Gasteiger partial charge >= 0.3 is 0 Å². The summed E-state index contributed by atoms with van der Waals surface area (Å²) in [6, 6.07) is -0.430. The highest BCUT2D eigenvalue weighted by atomic mass is 16.2. The van der Waals surface area contributed by atoms with Gasteiger partial charge in [0.25, 0.3) is 0 Å². The van der Waals surface area contributed by atoms with E-state index in [4.69, 9.17) is 11.5 Å². The van der Waals surface area contributed by atoms with Crippen molar-refractivity contribution in [1.82, 2.24) is 15.3 Å². The average Bonchev–Trinajstić information content (AvgIpc) is 2.82. The van der Waals surface area contributed by atoms with Crippen LogP contribution in [-0.4, -0.2) is 35.0 Å². The van der Waals surface area contributed by atoms with Crippen LogP contribution in [0.2, 0.25) is 0 Å². The Kier molecular flexibility index (Phi) is 6.27. The molecule has 1 aromatic rings. The van der Waals surface area contributed by atoms with Crippen LogP contribution in [0.5, 0.6) is 0 Å². The van der Waals surface area contributed by atoms with Gasteiger partial charge in [0, 0.05) is 19.2 Å². The van der Waals surface area contributed by atoms with Crippen molar-refractivity contribution in [3.8, 4) is 0 Å². The normalized spacial score (nSPS) is 12.4. The Morgan fingerprint density at radius 2 is 2.35 bits per heavy atom. The van der Waals surface area contributed by atoms with Crippen LogP contribution in [0.25, 0.3) is 0 Å². The van der Waals surface area contributed by atoms with E-state index in [-0.39, 0.29) is 5.91 Å². The van der Waals surface area contributed by atoms with Crippen molar-refractivity contribution in [3.63, 3.8) is 0 Å². The van der Waals surface area contributed by atoms with Gasteiger partial charge in [0.15, 0.2) is 0 Å². The van der Waals surface area contributed by atoms with E-state index in [9.17, 15) is 4.79 Å². The van der Waals surface area contributed by atoms with E-state index in [0.29, 0.717) is 25.9 Å². The molecule has 0 spiro atoms. The fourth-order valence-corrected chi connectivity index (χ4v) is 1.51. The maximum Gasteiger partial charge on any atom is 0.236 e. The summed E-state index contributed by atoms with van der Waals surface area (Å²) in [5.74, 6) is -0.0995. The molecule has 6 nitrogen and oxygen atoms in total. The van der Waals surface area contributed by atoms with Crippen LogP contribution in [0.4, 0.5) is 0 Å². The van der Waals surface area contributed by atoms with Crippen LogP contribution < -0.4 is 16.8 Å². The maximum absolute atomic E-state index is 11.6. The van der Waals surface area contributed by atoms with Gasteiger partial charge in [-0.25, -0.2) is 4.98 Å². The average molecular weight is 239 g/mol. The molecule has 0 aromatic carbocycles. The molecule has 1 atom stereocenters. The monoisotopic (exact) mass is 239 g/mol. The number of hydrogen-bond acceptors (Lipinski definition) is 4. The van der Waals surface area contributed by atoms with Crippen molar-refractivity contribution < 1.29 is 4.79 Å². The number of carbonyl (C=O) groups is 1. The summed E-state index contributed by atoms with van der Waals surface area (Å²) in [5.41, 5.74) is 12.0. The highest BCUT2D eigenvalue weighted by Gasteiger charge is 2.11. The highest BCUT2D eigenvalue weighted by Crippen LogP contribution is 1.98. The maximum atomic E-state index is 11.6. The number of rotatable bonds is 8. The van der Waals surface area contributed by atoms with E-state index in [1.807, 2.05) is 6.20 Å². The molecule has 0 bridgehead atoms. The number of nitrogens with zero attached hydrogens (tertiary/aromatic N) is 1. The standard InChI is InChI=1S/C11H21N5O/c12-5-2-1-3-10(13)11(17)15-6-4-9-7-14-8-16-9/h7-8,10H,1-6,12-13H2,(H,14,16)(H,15,17)/t10-/m0/s1. The van der Waals surface area contributed by atoms with E-state index < -0.39 is 6.04 Å². The Labute approximate surface area is 101 Å². The van der Waals surface area contributed by atoms with Crippen LogP contribution in [0.1, 0.15) is 25.0 Å². The van der Waals surface area contributed by atoms with Crippen molar-refractivity contribution in [2.75, 3.05) is 13.1 Å². The lowest BCUT2D eigenvalue weighted by molar-refractivity contribution is -0.122. The van der Waals surface area contributed by atoms with E-state index >= 15 is 0 Å². The number of nitrogens with one attached hydrogen (secondary N) is 2. The Balaban J connectivity index is 2.11. The molecule has 0 unspecified atom stereocenters. The fourth-order valence-electron chi connectivity index (χ4n) is 1.51. The number of imidazole rings is 1. The molecule has 17 heavy (non-hydrogen) atoms. The van der Waals surface area contributed by atoms with Gasteiger partial charge in [0.05, 0.1) is 18.1 Å². The Morgan fingerprint density at radius 1 is 1.53 bits per heavy atom. The largest absolute Gasteiger partial charge is 0.354 e. The lowest BCUT2D eigenvalue weighted by Gasteiger charge is -2.11. The van der Waals surface area contributed by atoms with Crippen LogP contribution in [0.15, 0.2) is 12.5 Å². The SMILES string of the molecule is NCCCC[C@H](N)C(=O)NCCc1c[nH]cn1. The van der Waals surface area contributed by atoms with Gasteiger partial charge in [-0.3, -0.25) is 4.79 Å². The highest BCUT2D eigenvalue weighted by molar-refractivity contribution is 5.81. The summed E-state index contributed by atoms with van der Waals surface area (Å²) < 4.78 is 0. The van der Waals surface area contributed by atoms with Crippen molar-refractivity contribution in [2.24, 2.45) is 11.5 Å². The summed E-state index contributed by atoms with van der Waals surface area (Å²) in [4.78, 5) is 18.5. The molecule has 0 saturated heterocycles. The minimum Gasteiger partial charge on any atom is -0.354 e. The molecule has 0 aliphatic heterocycles. The van der Waals surface area contributed by atoms with Crippen LogP contribution in [0, 0.1) is 0 Å². The van der Waals surface area contributed by atoms with E-state index in [1.54, 1.807) is 6.33 Å². The molecule has 1 rings (SSSR count). The molecular weight excluding hydrogens is 218 g/mol. The minimum absolute atomic E-state index is 0.0995. The summed E-state index contributed by atoms with van der Waals surface area (Å²) in [5, 5.41) is 2.80. The first kappa shape index (κ1) is 13.7. The molecule has 6 heteroatoms. The molecule has 0 saturated carbocycles. The van der Waals surface area contributed by atoms with Gasteiger partial charge in [-0.05, 0) is 19.4 Å². The number of nitrogens with two attached hydrogens (primary N) is 2. The van der Waals surface area contributed by atoms with Crippen molar-refractivity contribution in [3.05, 3.63) is 18.2 Å². The quantitative estimate of drug-likeness (QED) is 0.459. The second-order valence-electron chi connectivity index (χ2n) is 3.99. The Bertz CT molecular complexity index is 312. The summed E-state index contributed by atoms with van der Waals surface area (Å²) in [6.07, 6.45) is 6.64. The summed E-state index contributed by atoms with van der Waals surface area (Å²) >= 11 is 0. The van der Waals surface area contributed by atoms with Crippen molar-refractivity contribution in [2.45, 2.75) is 31.7 Å². The number of aromatic amines is 1. The third-order valence-electron chi connectivity index (χ3n) is 2.54. The molecule has 96 valence electrons. The molecule has 0 aliphatic carbocycles. The Hall–Kier alpha value is -1.40. The first-order valence-electron chi connectivity index (χ1n) is 5.95. The third-order valence-corrected chi connectivity index (χ3v) is 2.54. The van der Waals surface area contributed by atoms with Crippen molar-refractivity contribution >= 4 is 5.91 Å². The van der Waals surface area contributed by atoms with Gasteiger partial charge in [-0.1, -0.05) is 6.42 Å². The first-order valence-corrected chi connectivity index (χ1v) is 5.95. The zero-order chi connectivity index (χ0) is 12.5. The van der Waals surface area contributed by atoms with E-state index in [1.165, 1.54) is 0 Å². The van der Waals surface area contributed by atoms with Gasteiger partial charge in [-0.15, -0.1) is 0 Å². The topological polar surface area (TPSA) is 110 Å².